The van der Waals surface area contributed by atoms with Crippen molar-refractivity contribution >= 4 is 27.7 Å². The fourth-order valence-corrected chi connectivity index (χ4v) is 4.80. The van der Waals surface area contributed by atoms with E-state index >= 15 is 0 Å². The highest BCUT2D eigenvalue weighted by molar-refractivity contribution is 5.99. The zero-order chi connectivity index (χ0) is 30.7. The molecular weight excluding hydrogens is 565 g/mol. The number of fused-ring (bicyclic) bond motifs is 2. The molecule has 10 heteroatoms. The molecule has 0 bridgehead atoms. The van der Waals surface area contributed by atoms with Gasteiger partial charge in [0.05, 0.1) is 36.3 Å². The quantitative estimate of drug-likeness (QED) is 0.126. The third-order valence-electron chi connectivity index (χ3n) is 6.54. The van der Waals surface area contributed by atoms with Crippen LogP contribution in [-0.4, -0.2) is 25.8 Å². The summed E-state index contributed by atoms with van der Waals surface area (Å²) >= 11 is 0. The van der Waals surface area contributed by atoms with E-state index in [0.717, 1.165) is 6.07 Å². The molecule has 1 heterocycles. The van der Waals surface area contributed by atoms with Crippen molar-refractivity contribution in [3.05, 3.63) is 94.3 Å². The van der Waals surface area contributed by atoms with Gasteiger partial charge in [0.1, 0.15) is 11.3 Å². The summed E-state index contributed by atoms with van der Waals surface area (Å²) < 4.78 is 70.7. The molecule has 0 saturated carbocycles. The van der Waals surface area contributed by atoms with Crippen molar-refractivity contribution in [2.75, 3.05) is 19.8 Å². The first-order chi connectivity index (χ1) is 20.7. The fourth-order valence-electron chi connectivity index (χ4n) is 4.80. The number of alkyl halides is 3. The average Bonchev–Trinajstić information content (AvgIpc) is 2.98. The van der Waals surface area contributed by atoms with Crippen LogP contribution in [0.1, 0.15) is 36.9 Å². The first kappa shape index (κ1) is 29.5. The maximum absolute atomic E-state index is 14.3. The molecule has 5 rings (SSSR count). The zero-order valence-electron chi connectivity index (χ0n) is 23.5. The van der Waals surface area contributed by atoms with Gasteiger partial charge in [-0.1, -0.05) is 42.5 Å². The number of rotatable bonds is 9. The summed E-state index contributed by atoms with van der Waals surface area (Å²) in [6.45, 7) is 6.23. The summed E-state index contributed by atoms with van der Waals surface area (Å²) in [5, 5.41) is 1.04. The lowest BCUT2D eigenvalue weighted by atomic mass is 9.96. The molecule has 1 aromatic heterocycles. The normalized spacial score (nSPS) is 11.5. The molecule has 222 valence electrons. The lowest BCUT2D eigenvalue weighted by molar-refractivity contribution is -0.152. The molecule has 0 aliphatic heterocycles. The van der Waals surface area contributed by atoms with Gasteiger partial charge in [-0.05, 0) is 61.4 Å². The number of ether oxygens (including phenoxy) is 4. The Labute approximate surface area is 244 Å². The number of halogens is 3. The first-order valence-corrected chi connectivity index (χ1v) is 13.6. The van der Waals surface area contributed by atoms with Crippen molar-refractivity contribution in [2.45, 2.75) is 26.9 Å². The number of esters is 1. The Morgan fingerprint density at radius 1 is 0.791 bits per heavy atom. The number of benzene rings is 4. The van der Waals surface area contributed by atoms with Gasteiger partial charge in [0.25, 0.3) is 0 Å². The summed E-state index contributed by atoms with van der Waals surface area (Å²) in [6.07, 6.45) is -4.99. The van der Waals surface area contributed by atoms with Crippen molar-refractivity contribution < 1.29 is 41.3 Å². The molecule has 0 aliphatic rings. The summed E-state index contributed by atoms with van der Waals surface area (Å²) in [4.78, 5) is 26.7. The smallest absolute Gasteiger partial charge is 0.450 e. The van der Waals surface area contributed by atoms with Gasteiger partial charge in [-0.3, -0.25) is 4.79 Å². The summed E-state index contributed by atoms with van der Waals surface area (Å²) in [6, 6.07) is 18.1. The topological polar surface area (TPSA) is 84.2 Å². The van der Waals surface area contributed by atoms with E-state index in [4.69, 9.17) is 23.4 Å². The Bertz CT molecular complexity index is 1840. The van der Waals surface area contributed by atoms with Gasteiger partial charge in [0.2, 0.25) is 16.9 Å². The molecule has 0 aliphatic carbocycles. The van der Waals surface area contributed by atoms with E-state index in [0.29, 0.717) is 23.1 Å². The van der Waals surface area contributed by atoms with Gasteiger partial charge >= 0.3 is 12.1 Å². The summed E-state index contributed by atoms with van der Waals surface area (Å²) in [5.41, 5.74) is -1.69. The highest BCUT2D eigenvalue weighted by Gasteiger charge is 2.39. The van der Waals surface area contributed by atoms with Crippen LogP contribution in [-0.2, 0) is 6.18 Å². The third-order valence-corrected chi connectivity index (χ3v) is 6.54. The van der Waals surface area contributed by atoms with Crippen molar-refractivity contribution in [1.82, 2.24) is 0 Å². The van der Waals surface area contributed by atoms with E-state index in [-0.39, 0.29) is 52.6 Å². The van der Waals surface area contributed by atoms with Gasteiger partial charge in [-0.2, -0.15) is 13.2 Å². The molecule has 43 heavy (non-hydrogen) atoms. The number of carbonyl (C=O) groups excluding carboxylic acids is 1. The van der Waals surface area contributed by atoms with Gasteiger partial charge in [-0.15, -0.1) is 0 Å². The second-order valence-corrected chi connectivity index (χ2v) is 9.31. The maximum atomic E-state index is 14.3. The largest absolute Gasteiger partial charge is 0.490 e. The Morgan fingerprint density at radius 3 is 2.09 bits per heavy atom. The van der Waals surface area contributed by atoms with E-state index < -0.39 is 28.9 Å². The molecule has 0 unspecified atom stereocenters. The lowest BCUT2D eigenvalue weighted by Gasteiger charge is -2.17. The number of carbonyl (C=O) groups is 1. The fraction of sp³-hybridized carbons (Fsp3) is 0.212. The molecule has 0 amide bonds. The minimum Gasteiger partial charge on any atom is -0.490 e. The van der Waals surface area contributed by atoms with Crippen molar-refractivity contribution in [3.8, 4) is 34.1 Å². The predicted octanol–water partition coefficient (Wildman–Crippen LogP) is 8.05. The van der Waals surface area contributed by atoms with Gasteiger partial charge in [0, 0.05) is 6.07 Å². The van der Waals surface area contributed by atoms with E-state index in [1.165, 1.54) is 30.3 Å². The molecule has 0 atom stereocenters. The highest BCUT2D eigenvalue weighted by Crippen LogP contribution is 2.41. The van der Waals surface area contributed by atoms with E-state index in [1.807, 2.05) is 0 Å². The average molecular weight is 593 g/mol. The van der Waals surface area contributed by atoms with E-state index in [1.54, 1.807) is 57.2 Å². The maximum Gasteiger partial charge on any atom is 0.450 e. The molecule has 4 aromatic carbocycles. The van der Waals surface area contributed by atoms with Crippen LogP contribution in [0.3, 0.4) is 0 Å². The van der Waals surface area contributed by atoms with Crippen LogP contribution in [0.4, 0.5) is 13.2 Å². The Hall–Kier alpha value is -4.99. The van der Waals surface area contributed by atoms with Crippen molar-refractivity contribution in [1.29, 1.82) is 0 Å². The standard InChI is InChI=1S/C33H27F3O7/c1-4-39-26-16-20(17-27(40-5-2)30(26)41-6-3)32(38)42-21-14-15-24-25(18-21)43-31(33(34,35)36)28(29(24)37)23-13-9-11-19-10-7-8-12-22(19)23/h7-18H,4-6H2,1-3H3. The van der Waals surface area contributed by atoms with Crippen LogP contribution < -0.4 is 24.4 Å². The van der Waals surface area contributed by atoms with Crippen molar-refractivity contribution in [3.63, 3.8) is 0 Å². The molecule has 0 saturated heterocycles. The minimum absolute atomic E-state index is 0.0548. The zero-order valence-corrected chi connectivity index (χ0v) is 23.5. The van der Waals surface area contributed by atoms with E-state index in [2.05, 4.69) is 0 Å². The van der Waals surface area contributed by atoms with Crippen molar-refractivity contribution in [2.24, 2.45) is 0 Å². The van der Waals surface area contributed by atoms with Gasteiger partial charge < -0.3 is 23.4 Å². The van der Waals surface area contributed by atoms with E-state index in [9.17, 15) is 22.8 Å². The Kier molecular flexibility index (Phi) is 8.29. The molecule has 0 spiro atoms. The van der Waals surface area contributed by atoms with Crippen LogP contribution in [0.25, 0.3) is 32.9 Å². The third kappa shape index (κ3) is 5.86. The number of hydrogen-bond donors (Lipinski definition) is 0. The van der Waals surface area contributed by atoms with Crippen LogP contribution in [0.5, 0.6) is 23.0 Å². The van der Waals surface area contributed by atoms with Gasteiger partial charge in [-0.25, -0.2) is 4.79 Å². The predicted molar refractivity (Wildman–Crippen MR) is 155 cm³/mol. The summed E-state index contributed by atoms with van der Waals surface area (Å²) in [7, 11) is 0. The van der Waals surface area contributed by atoms with Crippen LogP contribution in [0.2, 0.25) is 0 Å². The molecule has 0 fully saturated rings. The second-order valence-electron chi connectivity index (χ2n) is 9.31. The van der Waals surface area contributed by atoms with Crippen LogP contribution >= 0.6 is 0 Å². The highest BCUT2D eigenvalue weighted by atomic mass is 19.4. The Balaban J connectivity index is 1.58. The molecule has 0 N–H and O–H groups in total. The summed E-state index contributed by atoms with van der Waals surface area (Å²) in [5.74, 6) is -1.55. The molecule has 0 radical (unpaired) electrons. The van der Waals surface area contributed by atoms with Gasteiger partial charge in [0.15, 0.2) is 11.5 Å². The second kappa shape index (κ2) is 12.1. The molecule has 7 nitrogen and oxygen atoms in total. The monoisotopic (exact) mass is 592 g/mol. The molecular formula is C33H27F3O7. The van der Waals surface area contributed by atoms with Crippen LogP contribution in [0, 0.1) is 0 Å². The molecule has 5 aromatic rings. The first-order valence-electron chi connectivity index (χ1n) is 13.6. The SMILES string of the molecule is CCOc1cc(C(=O)Oc2ccc3c(=O)c(-c4cccc5ccccc45)c(C(F)(F)F)oc3c2)cc(OCC)c1OCC. The number of hydrogen-bond acceptors (Lipinski definition) is 7. The lowest BCUT2D eigenvalue weighted by Crippen LogP contribution is -2.16. The van der Waals surface area contributed by atoms with Crippen LogP contribution in [0.15, 0.2) is 82.0 Å². The minimum atomic E-state index is -4.99. The Morgan fingerprint density at radius 2 is 1.44 bits per heavy atom.